The van der Waals surface area contributed by atoms with E-state index in [0.29, 0.717) is 0 Å². The number of rotatable bonds is 2. The molecule has 0 spiro atoms. The van der Waals surface area contributed by atoms with Crippen molar-refractivity contribution < 1.29 is 22.8 Å². The monoisotopic (exact) mass is 415 g/mol. The average Bonchev–Trinajstić information content (AvgIpc) is 3.32. The van der Waals surface area contributed by atoms with E-state index in [4.69, 9.17) is 0 Å². The van der Waals surface area contributed by atoms with Crippen molar-refractivity contribution in [3.8, 4) is 11.1 Å². The molecule has 0 unspecified atom stereocenters. The molecule has 0 heterocycles. The molecule has 0 bridgehead atoms. The molecule has 0 aromatic heterocycles. The maximum atomic E-state index is 2.53. The van der Waals surface area contributed by atoms with Crippen molar-refractivity contribution in [1.29, 1.82) is 0 Å². The molecule has 3 aliphatic rings. The molecule has 1 fully saturated rings. The van der Waals surface area contributed by atoms with E-state index in [-0.39, 0.29) is 0 Å². The van der Waals surface area contributed by atoms with Gasteiger partial charge in [0.05, 0.1) is 0 Å². The van der Waals surface area contributed by atoms with E-state index in [1.54, 1.807) is 25.5 Å². The van der Waals surface area contributed by atoms with Crippen LogP contribution in [0, 0.1) is 6.92 Å². The Morgan fingerprint density at radius 3 is 2.62 bits per heavy atom. The fourth-order valence-corrected chi connectivity index (χ4v) is 9.02. The van der Waals surface area contributed by atoms with Crippen molar-refractivity contribution in [2.45, 2.75) is 51.9 Å². The number of benzene rings is 2. The van der Waals surface area contributed by atoms with Crippen LogP contribution in [0.1, 0.15) is 60.8 Å². The molecular weight excluding hydrogens is 391 g/mol. The van der Waals surface area contributed by atoms with Crippen molar-refractivity contribution in [3.05, 3.63) is 70.8 Å². The third kappa shape index (κ3) is 2.89. The molecule has 0 nitrogen and oxygen atoms in total. The molecule has 129 valence electrons. The van der Waals surface area contributed by atoms with Crippen LogP contribution in [0.5, 0.6) is 0 Å². The summed E-state index contributed by atoms with van der Waals surface area (Å²) in [4.78, 5) is 0. The van der Waals surface area contributed by atoms with Gasteiger partial charge in [0.2, 0.25) is 0 Å². The zero-order chi connectivity index (χ0) is 17.5. The Morgan fingerprint density at radius 1 is 0.962 bits per heavy atom. The van der Waals surface area contributed by atoms with Gasteiger partial charge >= 0.3 is 169 Å². The van der Waals surface area contributed by atoms with E-state index in [1.807, 2.05) is 3.21 Å². The molecule has 26 heavy (non-hydrogen) atoms. The normalized spacial score (nSPS) is 17.7. The fourth-order valence-electron chi connectivity index (χ4n) is 4.87. The van der Waals surface area contributed by atoms with E-state index in [2.05, 4.69) is 55.5 Å². The van der Waals surface area contributed by atoms with E-state index in [1.165, 1.54) is 48.8 Å². The summed E-state index contributed by atoms with van der Waals surface area (Å²) >= 11 is -0.665. The molecule has 3 aliphatic carbocycles. The first-order chi connectivity index (χ1) is 12.8. The summed E-state index contributed by atoms with van der Waals surface area (Å²) in [5, 5.41) is 0. The van der Waals surface area contributed by atoms with Crippen LogP contribution in [0.4, 0.5) is 0 Å². The van der Waals surface area contributed by atoms with Gasteiger partial charge in [0.15, 0.2) is 0 Å². The second-order valence-corrected chi connectivity index (χ2v) is 11.5. The maximum absolute atomic E-state index is 2.53. The molecule has 0 atom stereocenters. The van der Waals surface area contributed by atoms with Crippen LogP contribution in [0.15, 0.2) is 48.6 Å². The van der Waals surface area contributed by atoms with Crippen LogP contribution in [0.25, 0.3) is 16.7 Å². The Morgan fingerprint density at radius 2 is 1.81 bits per heavy atom. The quantitative estimate of drug-likeness (QED) is 0.499. The first-order valence-electron chi connectivity index (χ1n) is 10.0. The zero-order valence-corrected chi connectivity index (χ0v) is 18.0. The predicted octanol–water partition coefficient (Wildman–Crippen LogP) is 5.75. The van der Waals surface area contributed by atoms with Gasteiger partial charge in [-0.1, -0.05) is 0 Å². The van der Waals surface area contributed by atoms with Crippen molar-refractivity contribution >= 4 is 12.1 Å². The fraction of sp³-hybridized carbons (Fsp3) is 0.320. The van der Waals surface area contributed by atoms with Crippen LogP contribution in [0.3, 0.4) is 0 Å². The van der Waals surface area contributed by atoms with Crippen LogP contribution in [-0.4, -0.2) is 3.21 Å². The van der Waals surface area contributed by atoms with Crippen molar-refractivity contribution in [1.82, 2.24) is 0 Å². The Kier molecular flexibility index (Phi) is 4.53. The minimum absolute atomic E-state index is 0.665. The minimum atomic E-state index is -0.665. The number of fused-ring (bicyclic) bond motifs is 3. The van der Waals surface area contributed by atoms with Crippen molar-refractivity contribution in [3.63, 3.8) is 0 Å². The van der Waals surface area contributed by atoms with Gasteiger partial charge in [-0.3, -0.25) is 0 Å². The van der Waals surface area contributed by atoms with Crippen molar-refractivity contribution in [2.24, 2.45) is 0 Å². The molecule has 0 N–H and O–H groups in total. The van der Waals surface area contributed by atoms with Gasteiger partial charge in [-0.05, 0) is 0 Å². The number of aryl methyl sites for hydroxylation is 1. The molecule has 1 saturated carbocycles. The van der Waals surface area contributed by atoms with Gasteiger partial charge in [0.25, 0.3) is 0 Å². The standard InChI is InChI=1S/C19H15.C6H10.Zr/c1-13-10-16(14-6-2-3-7-14)12-17-11-15-8-4-5-9-18(15)19(13)17;1-2-4-6-5-3-1;/h2-6,8-10H,7,11H2,1H3;1-5H2;. The molecule has 0 radical (unpaired) electrons. The van der Waals surface area contributed by atoms with Gasteiger partial charge in [0, 0.05) is 0 Å². The van der Waals surface area contributed by atoms with E-state index in [9.17, 15) is 0 Å². The molecule has 0 saturated heterocycles. The molecule has 2 aromatic carbocycles. The van der Waals surface area contributed by atoms with Gasteiger partial charge in [0.1, 0.15) is 0 Å². The number of hydrogen-bond acceptors (Lipinski definition) is 0. The first kappa shape index (κ1) is 16.8. The predicted molar refractivity (Wildman–Crippen MR) is 109 cm³/mol. The summed E-state index contributed by atoms with van der Waals surface area (Å²) in [7, 11) is 0. The Labute approximate surface area is 168 Å². The summed E-state index contributed by atoms with van der Waals surface area (Å²) < 4.78 is 3.76. The summed E-state index contributed by atoms with van der Waals surface area (Å²) in [5.74, 6) is 0. The van der Waals surface area contributed by atoms with E-state index < -0.39 is 22.8 Å². The Bertz CT molecular complexity index is 964. The van der Waals surface area contributed by atoms with Gasteiger partial charge < -0.3 is 0 Å². The molecule has 2 aromatic rings. The topological polar surface area (TPSA) is 0 Å². The SMILES string of the molecule is Cc1cc(C2=CC=CC2)[c]([Zr]=[C]2CCCCC2)c2c1-c1ccccc1C2. The Hall–Kier alpha value is -1.33. The number of allylic oxidation sites excluding steroid dienone is 4. The van der Waals surface area contributed by atoms with Crippen LogP contribution in [-0.2, 0) is 29.2 Å². The van der Waals surface area contributed by atoms with Crippen LogP contribution >= 0.6 is 0 Å². The number of hydrogen-bond donors (Lipinski definition) is 0. The van der Waals surface area contributed by atoms with Gasteiger partial charge in [-0.2, -0.15) is 0 Å². The molecule has 0 amide bonds. The van der Waals surface area contributed by atoms with Gasteiger partial charge in [-0.25, -0.2) is 0 Å². The average molecular weight is 417 g/mol. The zero-order valence-electron chi connectivity index (χ0n) is 15.6. The third-order valence-corrected chi connectivity index (χ3v) is 10.3. The van der Waals surface area contributed by atoms with E-state index >= 15 is 0 Å². The van der Waals surface area contributed by atoms with E-state index in [0.717, 1.165) is 12.8 Å². The summed E-state index contributed by atoms with van der Waals surface area (Å²) in [6, 6.07) is 11.6. The third-order valence-electron chi connectivity index (χ3n) is 6.16. The first-order valence-corrected chi connectivity index (χ1v) is 12.5. The molecule has 1 heteroatoms. The van der Waals surface area contributed by atoms with Crippen LogP contribution < -0.4 is 3.27 Å². The molecular formula is C25H25Zr. The molecule has 0 aliphatic heterocycles. The second-order valence-electron chi connectivity index (χ2n) is 7.92. The molecule has 5 rings (SSSR count). The Balaban J connectivity index is 1.72. The van der Waals surface area contributed by atoms with Crippen LogP contribution in [0.2, 0.25) is 0 Å². The summed E-state index contributed by atoms with van der Waals surface area (Å²) in [5.41, 5.74) is 10.9. The summed E-state index contributed by atoms with van der Waals surface area (Å²) in [6.45, 7) is 2.33. The van der Waals surface area contributed by atoms with Crippen molar-refractivity contribution in [2.75, 3.05) is 0 Å². The van der Waals surface area contributed by atoms with Gasteiger partial charge in [-0.15, -0.1) is 0 Å². The second kappa shape index (κ2) is 7.01. The summed E-state index contributed by atoms with van der Waals surface area (Å²) in [6.07, 6.45) is 16.3.